The third-order valence-electron chi connectivity index (χ3n) is 7.88. The van der Waals surface area contributed by atoms with Crippen LogP contribution in [0, 0.1) is 35.3 Å². The fourth-order valence-corrected chi connectivity index (χ4v) is 5.98. The van der Waals surface area contributed by atoms with E-state index in [9.17, 15) is 9.65 Å². The minimum Gasteiger partial charge on any atom is -0.378 e. The molecule has 0 radical (unpaired) electrons. The Kier molecular flexibility index (Phi) is 5.96. The first-order valence-corrected chi connectivity index (χ1v) is 13.3. The van der Waals surface area contributed by atoms with Gasteiger partial charge in [-0.1, -0.05) is 12.0 Å². The zero-order valence-electron chi connectivity index (χ0n) is 21.5. The third kappa shape index (κ3) is 4.00. The van der Waals surface area contributed by atoms with Gasteiger partial charge in [-0.05, 0) is 36.4 Å². The summed E-state index contributed by atoms with van der Waals surface area (Å²) in [5.41, 5.74) is 0.540. The lowest BCUT2D eigenvalue weighted by molar-refractivity contribution is 0.0303. The molecule has 8 nitrogen and oxygen atoms in total. The van der Waals surface area contributed by atoms with E-state index in [0.717, 1.165) is 12.8 Å². The fourth-order valence-electron chi connectivity index (χ4n) is 5.98. The number of hydrogen-bond donors (Lipinski definition) is 0. The summed E-state index contributed by atoms with van der Waals surface area (Å²) in [6.07, 6.45) is 9.40. The predicted octanol–water partition coefficient (Wildman–Crippen LogP) is 4.18. The highest BCUT2D eigenvalue weighted by atomic mass is 19.1. The molecule has 5 heterocycles. The summed E-state index contributed by atoms with van der Waals surface area (Å²) in [4.78, 5) is 18.2. The molecule has 40 heavy (non-hydrogen) atoms. The molecule has 0 spiro atoms. The maximum absolute atomic E-state index is 16.6. The number of terminal acetylenes is 1. The van der Waals surface area contributed by atoms with E-state index in [4.69, 9.17) is 20.9 Å². The molecule has 0 saturated carbocycles. The molecule has 10 heteroatoms. The van der Waals surface area contributed by atoms with Crippen molar-refractivity contribution in [2.75, 3.05) is 49.2 Å². The Morgan fingerprint density at radius 1 is 1.02 bits per heavy atom. The number of pyridine rings is 1. The zero-order valence-corrected chi connectivity index (χ0v) is 21.5. The van der Waals surface area contributed by atoms with Gasteiger partial charge in [0.15, 0.2) is 5.82 Å². The molecular formula is C30H24F2N6O2. The Balaban J connectivity index is 1.47. The van der Waals surface area contributed by atoms with Crippen LogP contribution in [0.3, 0.4) is 0 Å². The van der Waals surface area contributed by atoms with E-state index in [0.29, 0.717) is 67.3 Å². The van der Waals surface area contributed by atoms with E-state index >= 15 is 4.39 Å². The Labute approximate surface area is 229 Å². The van der Waals surface area contributed by atoms with Gasteiger partial charge in [0.05, 0.1) is 48.0 Å². The number of nitriles is 1. The maximum atomic E-state index is 16.6. The van der Waals surface area contributed by atoms with Crippen LogP contribution in [-0.4, -0.2) is 66.6 Å². The van der Waals surface area contributed by atoms with Crippen molar-refractivity contribution in [1.82, 2.24) is 15.0 Å². The molecule has 4 aromatic rings. The number of fused-ring (bicyclic) bond motifs is 4. The Hall–Kier alpha value is -4.38. The van der Waals surface area contributed by atoms with Gasteiger partial charge in [-0.3, -0.25) is 4.98 Å². The second-order valence-corrected chi connectivity index (χ2v) is 10.3. The van der Waals surface area contributed by atoms with Crippen LogP contribution in [0.4, 0.5) is 20.5 Å². The number of halogens is 2. The van der Waals surface area contributed by atoms with Gasteiger partial charge in [-0.15, -0.1) is 6.42 Å². The van der Waals surface area contributed by atoms with Crippen molar-refractivity contribution in [3.63, 3.8) is 0 Å². The van der Waals surface area contributed by atoms with E-state index in [-0.39, 0.29) is 40.1 Å². The summed E-state index contributed by atoms with van der Waals surface area (Å²) in [5, 5.41) is 11.0. The molecule has 200 valence electrons. The molecule has 0 aliphatic carbocycles. The molecule has 2 bridgehead atoms. The van der Waals surface area contributed by atoms with Gasteiger partial charge in [-0.2, -0.15) is 10.2 Å². The number of rotatable bonds is 3. The van der Waals surface area contributed by atoms with Crippen LogP contribution in [0.2, 0.25) is 0 Å². The first-order chi connectivity index (χ1) is 19.5. The average Bonchev–Trinajstić information content (AvgIpc) is 3.33. The largest absolute Gasteiger partial charge is 0.378 e. The van der Waals surface area contributed by atoms with Crippen LogP contribution in [0.15, 0.2) is 30.5 Å². The van der Waals surface area contributed by atoms with Gasteiger partial charge in [0, 0.05) is 43.3 Å². The van der Waals surface area contributed by atoms with E-state index in [1.807, 2.05) is 4.90 Å². The lowest BCUT2D eigenvalue weighted by Crippen LogP contribution is -2.43. The predicted molar refractivity (Wildman–Crippen MR) is 146 cm³/mol. The van der Waals surface area contributed by atoms with Crippen molar-refractivity contribution in [2.45, 2.75) is 25.0 Å². The Morgan fingerprint density at radius 3 is 2.52 bits per heavy atom. The lowest BCUT2D eigenvalue weighted by Gasteiger charge is -2.34. The van der Waals surface area contributed by atoms with Crippen LogP contribution < -0.4 is 9.80 Å². The SMILES string of the molecule is C#Cc1c(F)ccc2cc(C#N)cc(-c3ncc4c(N5C[C@H]6CC[C@@H](C5)O6)nc(N5CCOCC5)nc4c3F)c12. The standard InChI is InChI=1S/C30H24F2N6O2/c1-2-21-24(31)6-3-18-11-17(13-33)12-22(25(18)21)27-26(32)28-23(14-34-27)29(38-15-19-4-5-20(16-38)40-19)36-30(35-28)37-7-9-39-10-8-37/h1,3,6,11-12,14,19-20H,4-5,7-10,15-16H2/t19-,20+. The van der Waals surface area contributed by atoms with Crippen molar-refractivity contribution >= 4 is 33.4 Å². The molecule has 0 unspecified atom stereocenters. The number of aromatic nitrogens is 3. The lowest BCUT2D eigenvalue weighted by atomic mass is 9.94. The minimum absolute atomic E-state index is 0.0144. The van der Waals surface area contributed by atoms with Crippen LogP contribution in [0.1, 0.15) is 24.0 Å². The number of nitrogens with zero attached hydrogens (tertiary/aromatic N) is 6. The summed E-state index contributed by atoms with van der Waals surface area (Å²) in [5.74, 6) is 2.11. The molecule has 3 saturated heterocycles. The monoisotopic (exact) mass is 538 g/mol. The second kappa shape index (κ2) is 9.67. The third-order valence-corrected chi connectivity index (χ3v) is 7.88. The van der Waals surface area contributed by atoms with Gasteiger partial charge in [0.25, 0.3) is 0 Å². The maximum Gasteiger partial charge on any atom is 0.228 e. The summed E-state index contributed by atoms with van der Waals surface area (Å²) in [7, 11) is 0. The van der Waals surface area contributed by atoms with Crippen LogP contribution >= 0.6 is 0 Å². The number of hydrogen-bond acceptors (Lipinski definition) is 8. The molecule has 2 aromatic carbocycles. The first-order valence-electron chi connectivity index (χ1n) is 13.3. The van der Waals surface area contributed by atoms with Crippen LogP contribution in [0.5, 0.6) is 0 Å². The molecule has 0 N–H and O–H groups in total. The van der Waals surface area contributed by atoms with Crippen molar-refractivity contribution in [2.24, 2.45) is 0 Å². The average molecular weight is 539 g/mol. The summed E-state index contributed by atoms with van der Waals surface area (Å²) in [6.45, 7) is 3.51. The second-order valence-electron chi connectivity index (χ2n) is 10.3. The highest BCUT2D eigenvalue weighted by Gasteiger charge is 2.36. The van der Waals surface area contributed by atoms with Gasteiger partial charge in [0.1, 0.15) is 22.8 Å². The molecule has 2 atom stereocenters. The molecule has 3 aliphatic rings. The molecule has 7 rings (SSSR count). The van der Waals surface area contributed by atoms with E-state index in [1.54, 1.807) is 12.3 Å². The molecular weight excluding hydrogens is 514 g/mol. The van der Waals surface area contributed by atoms with Gasteiger partial charge < -0.3 is 19.3 Å². The Bertz CT molecular complexity index is 1750. The van der Waals surface area contributed by atoms with Crippen molar-refractivity contribution in [3.8, 4) is 29.7 Å². The van der Waals surface area contributed by atoms with Crippen LogP contribution in [0.25, 0.3) is 32.9 Å². The van der Waals surface area contributed by atoms with Crippen molar-refractivity contribution in [1.29, 1.82) is 5.26 Å². The minimum atomic E-state index is -0.685. The van der Waals surface area contributed by atoms with E-state index in [2.05, 4.69) is 26.9 Å². The highest BCUT2D eigenvalue weighted by Crippen LogP contribution is 2.38. The normalized spacial score (nSPS) is 20.6. The van der Waals surface area contributed by atoms with Crippen molar-refractivity contribution < 1.29 is 18.3 Å². The highest BCUT2D eigenvalue weighted by molar-refractivity contribution is 6.03. The summed E-state index contributed by atoms with van der Waals surface area (Å²) in [6, 6.07) is 7.96. The van der Waals surface area contributed by atoms with Crippen molar-refractivity contribution in [3.05, 3.63) is 53.2 Å². The Morgan fingerprint density at radius 2 is 1.80 bits per heavy atom. The molecule has 2 aromatic heterocycles. The number of morpholine rings is 2. The summed E-state index contributed by atoms with van der Waals surface area (Å²) < 4.78 is 42.9. The van der Waals surface area contributed by atoms with Crippen LogP contribution in [-0.2, 0) is 9.47 Å². The topological polar surface area (TPSA) is 87.4 Å². The van der Waals surface area contributed by atoms with Gasteiger partial charge in [-0.25, -0.2) is 13.8 Å². The number of anilines is 2. The van der Waals surface area contributed by atoms with E-state index < -0.39 is 11.6 Å². The van der Waals surface area contributed by atoms with Gasteiger partial charge >= 0.3 is 0 Å². The zero-order chi connectivity index (χ0) is 27.4. The fraction of sp³-hybridized carbons (Fsp3) is 0.333. The molecule has 0 amide bonds. The molecule has 3 aliphatic heterocycles. The number of benzene rings is 2. The van der Waals surface area contributed by atoms with Gasteiger partial charge in [0.2, 0.25) is 5.95 Å². The smallest absolute Gasteiger partial charge is 0.228 e. The first kappa shape index (κ1) is 24.6. The quantitative estimate of drug-likeness (QED) is 0.359. The van der Waals surface area contributed by atoms with E-state index in [1.165, 1.54) is 18.2 Å². The molecule has 3 fully saturated rings. The number of ether oxygens (including phenoxy) is 2. The summed E-state index contributed by atoms with van der Waals surface area (Å²) >= 11 is 0.